The normalized spacial score (nSPS) is 33.9. The molecule has 102 valence electrons. The second-order valence-corrected chi connectivity index (χ2v) is 7.54. The van der Waals surface area contributed by atoms with Crippen LogP contribution in [0.2, 0.25) is 0 Å². The van der Waals surface area contributed by atoms with Gasteiger partial charge < -0.3 is 0 Å². The number of hydrogen-bond donors (Lipinski definition) is 0. The Hall–Kier alpha value is 0. The fourth-order valence-corrected chi connectivity index (χ4v) is 4.22. The fourth-order valence-electron chi connectivity index (χ4n) is 4.22. The Kier molecular flexibility index (Phi) is 5.54. The van der Waals surface area contributed by atoms with Crippen LogP contribution >= 0.6 is 0 Å². The minimum absolute atomic E-state index is 0.668. The summed E-state index contributed by atoms with van der Waals surface area (Å²) in [4.78, 5) is 0. The molecule has 3 atom stereocenters. The molecule has 0 radical (unpaired) electrons. The molecular weight excluding hydrogens is 204 g/mol. The van der Waals surface area contributed by atoms with Crippen molar-refractivity contribution < 1.29 is 0 Å². The Bertz CT molecular complexity index is 212. The van der Waals surface area contributed by atoms with Crippen LogP contribution in [-0.2, 0) is 0 Å². The largest absolute Gasteiger partial charge is 0.0654 e. The van der Waals surface area contributed by atoms with Crippen LogP contribution in [0.5, 0.6) is 0 Å². The third-order valence-electron chi connectivity index (χ3n) is 5.16. The molecule has 1 saturated carbocycles. The first kappa shape index (κ1) is 15.1. The molecule has 0 N–H and O–H groups in total. The van der Waals surface area contributed by atoms with E-state index in [1.807, 2.05) is 0 Å². The average molecular weight is 238 g/mol. The quantitative estimate of drug-likeness (QED) is 0.517. The topological polar surface area (TPSA) is 0 Å². The average Bonchev–Trinajstić information content (AvgIpc) is 2.15. The Morgan fingerprint density at radius 1 is 1.06 bits per heavy atom. The fraction of sp³-hybridized carbons (Fsp3) is 1.00. The summed E-state index contributed by atoms with van der Waals surface area (Å²) in [6.45, 7) is 14.6. The van der Waals surface area contributed by atoms with E-state index in [4.69, 9.17) is 0 Å². The molecule has 0 aromatic rings. The van der Waals surface area contributed by atoms with Crippen molar-refractivity contribution in [3.05, 3.63) is 0 Å². The lowest BCUT2D eigenvalue weighted by Crippen LogP contribution is -2.39. The first-order valence-corrected chi connectivity index (χ1v) is 7.87. The van der Waals surface area contributed by atoms with Gasteiger partial charge in [-0.3, -0.25) is 0 Å². The summed E-state index contributed by atoms with van der Waals surface area (Å²) in [5.74, 6) is 3.74. The maximum Gasteiger partial charge on any atom is -0.0295 e. The predicted octanol–water partition coefficient (Wildman–Crippen LogP) is 5.91. The lowest BCUT2D eigenvalue weighted by Gasteiger charge is -2.49. The van der Waals surface area contributed by atoms with E-state index in [0.29, 0.717) is 5.41 Å². The van der Waals surface area contributed by atoms with Crippen molar-refractivity contribution in [3.8, 4) is 0 Å². The summed E-state index contributed by atoms with van der Waals surface area (Å²) in [6, 6.07) is 0. The molecule has 0 aromatic heterocycles. The van der Waals surface area contributed by atoms with Crippen molar-refractivity contribution in [2.24, 2.45) is 29.1 Å². The highest BCUT2D eigenvalue weighted by Crippen LogP contribution is 2.52. The summed E-state index contributed by atoms with van der Waals surface area (Å²) in [6.07, 6.45) is 8.56. The van der Waals surface area contributed by atoms with Gasteiger partial charge >= 0.3 is 0 Å². The molecule has 1 rings (SSSR count). The summed E-state index contributed by atoms with van der Waals surface area (Å²) >= 11 is 0. The van der Waals surface area contributed by atoms with Crippen LogP contribution in [0, 0.1) is 29.1 Å². The molecular formula is C17H34. The van der Waals surface area contributed by atoms with Gasteiger partial charge in [-0.05, 0) is 54.8 Å². The van der Waals surface area contributed by atoms with Gasteiger partial charge in [0, 0.05) is 0 Å². The van der Waals surface area contributed by atoms with Crippen LogP contribution < -0.4 is 0 Å². The van der Waals surface area contributed by atoms with E-state index < -0.39 is 0 Å². The molecule has 1 aliphatic carbocycles. The maximum atomic E-state index is 2.51. The van der Waals surface area contributed by atoms with Crippen LogP contribution in [-0.4, -0.2) is 0 Å². The summed E-state index contributed by atoms with van der Waals surface area (Å²) in [5.41, 5.74) is 0.668. The molecule has 1 fully saturated rings. The second kappa shape index (κ2) is 6.25. The highest BCUT2D eigenvalue weighted by Gasteiger charge is 2.41. The molecule has 0 bridgehead atoms. The maximum absolute atomic E-state index is 2.51. The van der Waals surface area contributed by atoms with E-state index in [1.165, 1.54) is 38.5 Å². The summed E-state index contributed by atoms with van der Waals surface area (Å²) in [5, 5.41) is 0. The van der Waals surface area contributed by atoms with Crippen molar-refractivity contribution >= 4 is 0 Å². The highest BCUT2D eigenvalue weighted by atomic mass is 14.5. The first-order valence-electron chi connectivity index (χ1n) is 7.87. The summed E-state index contributed by atoms with van der Waals surface area (Å²) < 4.78 is 0. The lowest BCUT2D eigenvalue weighted by atomic mass is 9.56. The van der Waals surface area contributed by atoms with Crippen molar-refractivity contribution in [2.75, 3.05) is 0 Å². The summed E-state index contributed by atoms with van der Waals surface area (Å²) in [7, 11) is 0. The van der Waals surface area contributed by atoms with E-state index >= 15 is 0 Å². The van der Waals surface area contributed by atoms with Crippen LogP contribution in [0.25, 0.3) is 0 Å². The van der Waals surface area contributed by atoms with Crippen molar-refractivity contribution in [1.29, 1.82) is 0 Å². The molecule has 0 saturated heterocycles. The Balaban J connectivity index is 2.28. The zero-order valence-electron chi connectivity index (χ0n) is 13.1. The minimum Gasteiger partial charge on any atom is -0.0654 e. The Labute approximate surface area is 110 Å². The van der Waals surface area contributed by atoms with Gasteiger partial charge in [0.2, 0.25) is 0 Å². The van der Waals surface area contributed by atoms with Gasteiger partial charge in [0.25, 0.3) is 0 Å². The number of hydrogen-bond acceptors (Lipinski definition) is 0. The van der Waals surface area contributed by atoms with Crippen molar-refractivity contribution in [2.45, 2.75) is 80.1 Å². The van der Waals surface area contributed by atoms with E-state index in [0.717, 1.165) is 23.7 Å². The predicted molar refractivity (Wildman–Crippen MR) is 78.1 cm³/mol. The molecule has 17 heavy (non-hydrogen) atoms. The van der Waals surface area contributed by atoms with Gasteiger partial charge in [0.05, 0.1) is 0 Å². The highest BCUT2D eigenvalue weighted by molar-refractivity contribution is 4.92. The molecule has 0 nitrogen and oxygen atoms in total. The molecule has 1 aliphatic rings. The van der Waals surface area contributed by atoms with Gasteiger partial charge in [-0.15, -0.1) is 0 Å². The molecule has 0 heteroatoms. The van der Waals surface area contributed by atoms with E-state index in [2.05, 4.69) is 41.5 Å². The van der Waals surface area contributed by atoms with Gasteiger partial charge in [-0.25, -0.2) is 0 Å². The van der Waals surface area contributed by atoms with E-state index in [1.54, 1.807) is 0 Å². The zero-order chi connectivity index (χ0) is 13.1. The van der Waals surface area contributed by atoms with Crippen LogP contribution in [0.15, 0.2) is 0 Å². The van der Waals surface area contributed by atoms with Crippen molar-refractivity contribution in [1.82, 2.24) is 0 Å². The van der Waals surface area contributed by atoms with Crippen LogP contribution in [0.1, 0.15) is 80.1 Å². The molecule has 0 aromatic carbocycles. The standard InChI is InChI=1S/C17H34/c1-7-8-13(2)9-14(3)10-16(5)17(6)11-15(4)12-17/h13-16H,7-12H2,1-6H3. The third kappa shape index (κ3) is 4.30. The smallest absolute Gasteiger partial charge is 0.0295 e. The van der Waals surface area contributed by atoms with E-state index in [-0.39, 0.29) is 0 Å². The first-order chi connectivity index (χ1) is 7.87. The molecule has 3 unspecified atom stereocenters. The van der Waals surface area contributed by atoms with E-state index in [9.17, 15) is 0 Å². The van der Waals surface area contributed by atoms with Gasteiger partial charge in [-0.2, -0.15) is 0 Å². The molecule has 0 heterocycles. The van der Waals surface area contributed by atoms with Gasteiger partial charge in [0.1, 0.15) is 0 Å². The molecule has 0 spiro atoms. The van der Waals surface area contributed by atoms with Gasteiger partial charge in [0.15, 0.2) is 0 Å². The SMILES string of the molecule is CCCC(C)CC(C)CC(C)C1(C)CC(C)C1. The molecule has 0 amide bonds. The molecule has 0 aliphatic heterocycles. The lowest BCUT2D eigenvalue weighted by molar-refractivity contribution is 0.0152. The zero-order valence-corrected chi connectivity index (χ0v) is 13.1. The number of rotatable bonds is 7. The Morgan fingerprint density at radius 2 is 1.65 bits per heavy atom. The third-order valence-corrected chi connectivity index (χ3v) is 5.16. The van der Waals surface area contributed by atoms with Crippen LogP contribution in [0.3, 0.4) is 0 Å². The minimum atomic E-state index is 0.668. The monoisotopic (exact) mass is 238 g/mol. The van der Waals surface area contributed by atoms with Crippen LogP contribution in [0.4, 0.5) is 0 Å². The van der Waals surface area contributed by atoms with Crippen molar-refractivity contribution in [3.63, 3.8) is 0 Å². The Morgan fingerprint density at radius 3 is 2.12 bits per heavy atom. The second-order valence-electron chi connectivity index (χ2n) is 7.54. The van der Waals surface area contributed by atoms with Gasteiger partial charge in [-0.1, -0.05) is 54.4 Å².